The van der Waals surface area contributed by atoms with Gasteiger partial charge >= 0.3 is 6.09 Å². The van der Waals surface area contributed by atoms with Crippen LogP contribution in [-0.4, -0.2) is 50.5 Å². The van der Waals surface area contributed by atoms with Crippen molar-refractivity contribution in [3.8, 4) is 0 Å². The summed E-state index contributed by atoms with van der Waals surface area (Å²) in [6.45, 7) is 0.868. The Hall–Kier alpha value is -4.11. The van der Waals surface area contributed by atoms with Gasteiger partial charge in [-0.05, 0) is 65.9 Å². The monoisotopic (exact) mass is 490 g/mol. The van der Waals surface area contributed by atoms with Gasteiger partial charge in [0.05, 0.1) is 17.4 Å². The summed E-state index contributed by atoms with van der Waals surface area (Å²) in [5.41, 5.74) is 0.955. The van der Waals surface area contributed by atoms with Gasteiger partial charge in [0, 0.05) is 24.5 Å². The molecule has 3 N–H and O–H groups in total. The second kappa shape index (κ2) is 9.50. The van der Waals surface area contributed by atoms with Gasteiger partial charge in [0.1, 0.15) is 17.2 Å². The number of piperidine rings is 1. The number of likely N-dealkylation sites (tertiary alicyclic amines) is 1. The molecule has 0 bridgehead atoms. The summed E-state index contributed by atoms with van der Waals surface area (Å²) in [5.74, 6) is -0.871. The van der Waals surface area contributed by atoms with Crippen LogP contribution >= 0.6 is 0 Å². The quantitative estimate of drug-likeness (QED) is 0.350. The van der Waals surface area contributed by atoms with Gasteiger partial charge in [-0.1, -0.05) is 30.3 Å². The largest absolute Gasteiger partial charge is 0.465 e. The number of fused-ring (bicyclic) bond motifs is 1. The van der Waals surface area contributed by atoms with Gasteiger partial charge in [-0.3, -0.25) is 0 Å². The number of halogens is 2. The van der Waals surface area contributed by atoms with E-state index in [1.54, 1.807) is 24.4 Å². The normalized spacial score (nSPS) is 14.7. The number of carboxylic acid groups (broad SMARTS) is 1. The molecule has 0 unspecified atom stereocenters. The van der Waals surface area contributed by atoms with E-state index in [2.05, 4.69) is 15.5 Å². The van der Waals surface area contributed by atoms with Crippen molar-refractivity contribution in [3.63, 3.8) is 0 Å². The van der Waals surface area contributed by atoms with Crippen LogP contribution in [0.1, 0.15) is 29.5 Å². The summed E-state index contributed by atoms with van der Waals surface area (Å²) in [7, 11) is 0. The molecule has 4 aromatic rings. The van der Waals surface area contributed by atoms with Crippen LogP contribution in [0.25, 0.3) is 10.9 Å². The fourth-order valence-electron chi connectivity index (χ4n) is 4.71. The molecular weight excluding hydrogens is 466 g/mol. The van der Waals surface area contributed by atoms with Gasteiger partial charge in [0.2, 0.25) is 0 Å². The van der Waals surface area contributed by atoms with Crippen molar-refractivity contribution in [1.29, 1.82) is 0 Å². The minimum atomic E-state index is -1.69. The average molecular weight is 491 g/mol. The number of anilines is 1. The Morgan fingerprint density at radius 3 is 2.03 bits per heavy atom. The van der Waals surface area contributed by atoms with Crippen molar-refractivity contribution in [2.75, 3.05) is 18.4 Å². The summed E-state index contributed by atoms with van der Waals surface area (Å²) in [4.78, 5) is 12.6. The maximum Gasteiger partial charge on any atom is 0.407 e. The van der Waals surface area contributed by atoms with Crippen LogP contribution in [0.5, 0.6) is 0 Å². The maximum absolute atomic E-state index is 13.7. The first kappa shape index (κ1) is 23.6. The highest BCUT2D eigenvalue weighted by molar-refractivity contribution is 5.91. The molecule has 7 nitrogen and oxygen atoms in total. The van der Waals surface area contributed by atoms with Crippen LogP contribution in [0.4, 0.5) is 19.3 Å². The Balaban J connectivity index is 1.56. The highest BCUT2D eigenvalue weighted by atomic mass is 19.1. The van der Waals surface area contributed by atoms with Gasteiger partial charge < -0.3 is 20.4 Å². The number of nitrogens with zero attached hydrogens (tertiary/aromatic N) is 3. The number of carbonyl (C=O) groups is 1. The summed E-state index contributed by atoms with van der Waals surface area (Å²) in [6, 6.07) is 16.4. The number of amides is 1. The van der Waals surface area contributed by atoms with E-state index in [9.17, 15) is 23.8 Å². The van der Waals surface area contributed by atoms with Gasteiger partial charge in [-0.25, -0.2) is 13.6 Å². The number of benzene rings is 3. The van der Waals surface area contributed by atoms with Crippen LogP contribution in [-0.2, 0) is 5.60 Å². The third-order valence-corrected chi connectivity index (χ3v) is 6.71. The second-order valence-corrected chi connectivity index (χ2v) is 8.90. The van der Waals surface area contributed by atoms with Crippen molar-refractivity contribution in [1.82, 2.24) is 15.1 Å². The predicted molar refractivity (Wildman–Crippen MR) is 131 cm³/mol. The number of aromatic nitrogens is 2. The third-order valence-electron chi connectivity index (χ3n) is 6.71. The van der Waals surface area contributed by atoms with Crippen molar-refractivity contribution in [2.45, 2.75) is 24.5 Å². The van der Waals surface area contributed by atoms with Gasteiger partial charge in [-0.15, -0.1) is 0 Å². The third kappa shape index (κ3) is 4.45. The first-order valence-corrected chi connectivity index (χ1v) is 11.6. The van der Waals surface area contributed by atoms with E-state index in [0.29, 0.717) is 59.2 Å². The molecule has 184 valence electrons. The molecule has 0 atom stereocenters. The number of rotatable bonds is 5. The van der Waals surface area contributed by atoms with Crippen molar-refractivity contribution in [3.05, 3.63) is 101 Å². The molecule has 2 heterocycles. The maximum atomic E-state index is 13.7. The second-order valence-electron chi connectivity index (χ2n) is 8.90. The van der Waals surface area contributed by atoms with Crippen LogP contribution in [0, 0.1) is 11.6 Å². The van der Waals surface area contributed by atoms with E-state index < -0.39 is 23.3 Å². The van der Waals surface area contributed by atoms with Crippen LogP contribution < -0.4 is 5.32 Å². The predicted octanol–water partition coefficient (Wildman–Crippen LogP) is 4.75. The molecule has 1 saturated heterocycles. The molecule has 9 heteroatoms. The van der Waals surface area contributed by atoms with Crippen molar-refractivity contribution in [2.24, 2.45) is 0 Å². The van der Waals surface area contributed by atoms with Gasteiger partial charge in [-0.2, -0.15) is 10.2 Å². The molecule has 1 fully saturated rings. The van der Waals surface area contributed by atoms with E-state index >= 15 is 0 Å². The van der Waals surface area contributed by atoms with E-state index in [1.807, 2.05) is 0 Å². The highest BCUT2D eigenvalue weighted by Gasteiger charge is 2.34. The fraction of sp³-hybridized carbons (Fsp3) is 0.222. The molecule has 1 aromatic heterocycles. The molecule has 0 spiro atoms. The lowest BCUT2D eigenvalue weighted by molar-refractivity contribution is 0.125. The topological polar surface area (TPSA) is 98.6 Å². The summed E-state index contributed by atoms with van der Waals surface area (Å²) >= 11 is 0. The van der Waals surface area contributed by atoms with Crippen LogP contribution in [0.15, 0.2) is 72.9 Å². The molecule has 5 rings (SSSR count). The average Bonchev–Trinajstić information content (AvgIpc) is 2.89. The SMILES string of the molecule is O=C(O)N1CCC(Nc2cnnc3ccc(C(O)(c4ccc(F)cc4)c4ccc(F)cc4)cc23)CC1. The van der Waals surface area contributed by atoms with E-state index in [4.69, 9.17) is 0 Å². The van der Waals surface area contributed by atoms with Gasteiger partial charge in [0.15, 0.2) is 0 Å². The zero-order chi connectivity index (χ0) is 25.3. The molecule has 1 aliphatic heterocycles. The molecule has 0 aliphatic carbocycles. The summed E-state index contributed by atoms with van der Waals surface area (Å²) in [5, 5.41) is 33.8. The van der Waals surface area contributed by atoms with Crippen molar-refractivity contribution >= 4 is 22.7 Å². The zero-order valence-electron chi connectivity index (χ0n) is 19.2. The lowest BCUT2D eigenvalue weighted by Crippen LogP contribution is -2.41. The molecule has 1 amide bonds. The zero-order valence-corrected chi connectivity index (χ0v) is 19.2. The minimum Gasteiger partial charge on any atom is -0.465 e. The lowest BCUT2D eigenvalue weighted by atomic mass is 9.80. The first-order chi connectivity index (χ1) is 17.3. The Morgan fingerprint density at radius 2 is 1.47 bits per heavy atom. The molecule has 0 saturated carbocycles. The van der Waals surface area contributed by atoms with Crippen LogP contribution in [0.3, 0.4) is 0 Å². The standard InChI is InChI=1S/C27H24F2N4O3/c28-20-6-1-17(2-7-20)27(36,18-3-8-21(29)9-4-18)19-5-10-24-23(15-19)25(16-30-32-24)31-22-11-13-33(14-12-22)26(34)35/h1-10,15-16,22,36H,11-14H2,(H,31,32)(H,34,35). The Morgan fingerprint density at radius 1 is 0.917 bits per heavy atom. The summed E-state index contributed by atoms with van der Waals surface area (Å²) < 4.78 is 27.4. The molecular formula is C27H24F2N4O3. The van der Waals surface area contributed by atoms with Crippen molar-refractivity contribution < 1.29 is 23.8 Å². The summed E-state index contributed by atoms with van der Waals surface area (Å²) in [6.07, 6.45) is 1.97. The van der Waals surface area contributed by atoms with E-state index in [1.165, 1.54) is 53.4 Å². The Kier molecular flexibility index (Phi) is 6.24. The first-order valence-electron chi connectivity index (χ1n) is 11.6. The number of nitrogens with one attached hydrogen (secondary N) is 1. The number of hydrogen-bond acceptors (Lipinski definition) is 5. The number of aliphatic hydroxyl groups is 1. The number of hydrogen-bond donors (Lipinski definition) is 3. The Bertz CT molecular complexity index is 1340. The molecule has 3 aromatic carbocycles. The van der Waals surface area contributed by atoms with E-state index in [0.717, 1.165) is 0 Å². The Labute approximate surface area is 206 Å². The smallest absolute Gasteiger partial charge is 0.407 e. The highest BCUT2D eigenvalue weighted by Crippen LogP contribution is 2.39. The fourth-order valence-corrected chi connectivity index (χ4v) is 4.71. The van der Waals surface area contributed by atoms with Crippen LogP contribution in [0.2, 0.25) is 0 Å². The molecule has 1 aliphatic rings. The van der Waals surface area contributed by atoms with E-state index in [-0.39, 0.29) is 6.04 Å². The van der Waals surface area contributed by atoms with Gasteiger partial charge in [0.25, 0.3) is 0 Å². The molecule has 0 radical (unpaired) electrons. The molecule has 36 heavy (non-hydrogen) atoms. The minimum absolute atomic E-state index is 0.0461. The lowest BCUT2D eigenvalue weighted by Gasteiger charge is -2.32.